The van der Waals surface area contributed by atoms with E-state index in [0.717, 1.165) is 23.6 Å². The van der Waals surface area contributed by atoms with Crippen molar-refractivity contribution < 1.29 is 5.11 Å². The molecule has 0 fully saturated rings. The van der Waals surface area contributed by atoms with E-state index in [1.807, 2.05) is 34.7 Å². The normalized spacial score (nSPS) is 16.1. The quantitative estimate of drug-likeness (QED) is 0.619. The van der Waals surface area contributed by atoms with E-state index in [2.05, 4.69) is 31.0 Å². The van der Waals surface area contributed by atoms with Gasteiger partial charge in [0, 0.05) is 29.5 Å². The van der Waals surface area contributed by atoms with Gasteiger partial charge in [-0.3, -0.25) is 0 Å². The summed E-state index contributed by atoms with van der Waals surface area (Å²) in [6.07, 6.45) is 8.41. The van der Waals surface area contributed by atoms with Crippen molar-refractivity contribution in [3.63, 3.8) is 0 Å². The van der Waals surface area contributed by atoms with Crippen LogP contribution in [0.3, 0.4) is 0 Å². The predicted octanol–water partition coefficient (Wildman–Crippen LogP) is 4.94. The third-order valence-corrected chi connectivity index (χ3v) is 7.06. The van der Waals surface area contributed by atoms with Crippen LogP contribution in [0.4, 0.5) is 0 Å². The first-order valence-corrected chi connectivity index (χ1v) is 9.77. The van der Waals surface area contributed by atoms with E-state index in [-0.39, 0.29) is 12.0 Å². The molecule has 0 bridgehead atoms. The van der Waals surface area contributed by atoms with Crippen LogP contribution in [0.5, 0.6) is 0 Å². The molecule has 0 saturated heterocycles. The highest BCUT2D eigenvalue weighted by Crippen LogP contribution is 2.47. The number of aliphatic hydroxyl groups is 1. The number of rotatable bonds is 5. The molecule has 0 unspecified atom stereocenters. The number of hydrogen-bond donors (Lipinski definition) is 1. The summed E-state index contributed by atoms with van der Waals surface area (Å²) in [6, 6.07) is 0. The first-order valence-electron chi connectivity index (χ1n) is 7.09. The minimum absolute atomic E-state index is 0.215. The van der Waals surface area contributed by atoms with Gasteiger partial charge < -0.3 is 5.11 Å². The third kappa shape index (κ3) is 3.26. The van der Waals surface area contributed by atoms with E-state index in [9.17, 15) is 0 Å². The maximum absolute atomic E-state index is 8.97. The Morgan fingerprint density at radius 2 is 2.29 bits per heavy atom. The van der Waals surface area contributed by atoms with E-state index >= 15 is 0 Å². The maximum Gasteiger partial charge on any atom is 0.133 e. The SMILES string of the molecule is CC1(C)C=Cc2c(SCCCO)sc(-c3nccs3)c2C1. The lowest BCUT2D eigenvalue weighted by atomic mass is 9.80. The zero-order valence-corrected chi connectivity index (χ0v) is 14.7. The number of nitrogens with zero attached hydrogens (tertiary/aromatic N) is 1. The van der Waals surface area contributed by atoms with Gasteiger partial charge in [0.15, 0.2) is 0 Å². The molecule has 1 aliphatic rings. The Kier molecular flexibility index (Phi) is 4.54. The number of thioether (sulfide) groups is 1. The Bertz CT molecular complexity index is 641. The van der Waals surface area contributed by atoms with Crippen LogP contribution in [0.15, 0.2) is 21.9 Å². The zero-order chi connectivity index (χ0) is 14.9. The van der Waals surface area contributed by atoms with Crippen LogP contribution in [0.1, 0.15) is 31.4 Å². The molecule has 1 N–H and O–H groups in total. The second-order valence-electron chi connectivity index (χ2n) is 5.87. The average Bonchev–Trinajstić information content (AvgIpc) is 3.05. The number of fused-ring (bicyclic) bond motifs is 1. The molecule has 2 aromatic heterocycles. The Morgan fingerprint density at radius 1 is 1.43 bits per heavy atom. The number of allylic oxidation sites excluding steroid dienone is 1. The van der Waals surface area contributed by atoms with Crippen molar-refractivity contribution in [2.75, 3.05) is 12.4 Å². The van der Waals surface area contributed by atoms with Crippen LogP contribution >= 0.6 is 34.4 Å². The van der Waals surface area contributed by atoms with E-state index in [1.165, 1.54) is 20.2 Å². The van der Waals surface area contributed by atoms with Crippen molar-refractivity contribution >= 4 is 40.5 Å². The molecule has 2 aromatic rings. The van der Waals surface area contributed by atoms with E-state index in [1.54, 1.807) is 11.3 Å². The van der Waals surface area contributed by atoms with Gasteiger partial charge in [-0.2, -0.15) is 0 Å². The van der Waals surface area contributed by atoms with Gasteiger partial charge in [0.1, 0.15) is 5.01 Å². The fourth-order valence-electron chi connectivity index (χ4n) is 2.47. The Balaban J connectivity index is 2.00. The monoisotopic (exact) mass is 337 g/mol. The highest BCUT2D eigenvalue weighted by Gasteiger charge is 2.28. The van der Waals surface area contributed by atoms with Crippen LogP contribution in [0.25, 0.3) is 16.0 Å². The highest BCUT2D eigenvalue weighted by molar-refractivity contribution is 8.01. The summed E-state index contributed by atoms with van der Waals surface area (Å²) in [4.78, 5) is 5.84. The van der Waals surface area contributed by atoms with Crippen LogP contribution in [-0.2, 0) is 6.42 Å². The van der Waals surface area contributed by atoms with Crippen LogP contribution in [0, 0.1) is 5.41 Å². The summed E-state index contributed by atoms with van der Waals surface area (Å²) >= 11 is 5.44. The third-order valence-electron chi connectivity index (χ3n) is 3.51. The predicted molar refractivity (Wildman–Crippen MR) is 94.4 cm³/mol. The second kappa shape index (κ2) is 6.24. The molecule has 3 rings (SSSR count). The fraction of sp³-hybridized carbons (Fsp3) is 0.438. The summed E-state index contributed by atoms with van der Waals surface area (Å²) in [5, 5.41) is 12.2. The van der Waals surface area contributed by atoms with Crippen LogP contribution in [-0.4, -0.2) is 22.5 Å². The van der Waals surface area contributed by atoms with Gasteiger partial charge in [-0.1, -0.05) is 26.0 Å². The Morgan fingerprint density at radius 3 is 3.00 bits per heavy atom. The van der Waals surface area contributed by atoms with Gasteiger partial charge >= 0.3 is 0 Å². The van der Waals surface area contributed by atoms with E-state index in [0.29, 0.717) is 0 Å². The minimum atomic E-state index is 0.215. The molecule has 0 aromatic carbocycles. The number of thiophene rings is 1. The molecule has 0 atom stereocenters. The summed E-state index contributed by atoms with van der Waals surface area (Å²) in [7, 11) is 0. The topological polar surface area (TPSA) is 33.1 Å². The number of hydrogen-bond acceptors (Lipinski definition) is 5. The second-order valence-corrected chi connectivity index (χ2v) is 9.15. The molecule has 1 aliphatic carbocycles. The number of aromatic nitrogens is 1. The van der Waals surface area contributed by atoms with Crippen molar-refractivity contribution in [1.29, 1.82) is 0 Å². The van der Waals surface area contributed by atoms with E-state index in [4.69, 9.17) is 5.11 Å². The maximum atomic E-state index is 8.97. The molecule has 21 heavy (non-hydrogen) atoms. The molecule has 0 spiro atoms. The van der Waals surface area contributed by atoms with Crippen LogP contribution in [0.2, 0.25) is 0 Å². The Hall–Kier alpha value is -0.620. The highest BCUT2D eigenvalue weighted by atomic mass is 32.2. The van der Waals surface area contributed by atoms with Gasteiger partial charge in [-0.15, -0.1) is 34.4 Å². The van der Waals surface area contributed by atoms with Gasteiger partial charge in [-0.25, -0.2) is 4.98 Å². The van der Waals surface area contributed by atoms with Crippen molar-refractivity contribution in [3.05, 3.63) is 28.8 Å². The van der Waals surface area contributed by atoms with Gasteiger partial charge in [0.2, 0.25) is 0 Å². The van der Waals surface area contributed by atoms with Crippen molar-refractivity contribution in [3.8, 4) is 9.88 Å². The molecule has 0 aliphatic heterocycles. The minimum Gasteiger partial charge on any atom is -0.396 e. The summed E-state index contributed by atoms with van der Waals surface area (Å²) in [6.45, 7) is 4.84. The first kappa shape index (κ1) is 15.3. The Labute approximate surface area is 137 Å². The smallest absolute Gasteiger partial charge is 0.133 e. The molecule has 2 nitrogen and oxygen atoms in total. The zero-order valence-electron chi connectivity index (χ0n) is 12.3. The molecule has 0 saturated carbocycles. The lowest BCUT2D eigenvalue weighted by Crippen LogP contribution is -2.15. The number of thiazole rings is 1. The lowest BCUT2D eigenvalue weighted by Gasteiger charge is -2.25. The van der Waals surface area contributed by atoms with Crippen LogP contribution < -0.4 is 0 Å². The van der Waals surface area contributed by atoms with Gasteiger partial charge in [0.05, 0.1) is 9.09 Å². The van der Waals surface area contributed by atoms with Crippen molar-refractivity contribution in [2.24, 2.45) is 5.41 Å². The average molecular weight is 338 g/mol. The first-order chi connectivity index (χ1) is 10.1. The fourth-order valence-corrected chi connectivity index (χ4v) is 5.81. The molecule has 5 heteroatoms. The molecule has 112 valence electrons. The van der Waals surface area contributed by atoms with Crippen molar-refractivity contribution in [1.82, 2.24) is 4.98 Å². The summed E-state index contributed by atoms with van der Waals surface area (Å²) in [5.74, 6) is 0.970. The number of aliphatic hydroxyl groups excluding tert-OH is 1. The molecule has 0 radical (unpaired) electrons. The molecular weight excluding hydrogens is 318 g/mol. The lowest BCUT2D eigenvalue weighted by molar-refractivity contribution is 0.296. The largest absolute Gasteiger partial charge is 0.396 e. The summed E-state index contributed by atoms with van der Waals surface area (Å²) in [5.41, 5.74) is 3.05. The summed E-state index contributed by atoms with van der Waals surface area (Å²) < 4.78 is 1.37. The molecular formula is C16H19NOS3. The van der Waals surface area contributed by atoms with Gasteiger partial charge in [0.25, 0.3) is 0 Å². The molecule has 2 heterocycles. The van der Waals surface area contributed by atoms with E-state index < -0.39 is 0 Å². The molecule has 0 amide bonds. The van der Waals surface area contributed by atoms with Crippen molar-refractivity contribution in [2.45, 2.75) is 30.9 Å². The standard InChI is InChI=1S/C16H19NOS3/c1-16(2)5-4-11-12(10-16)13(14-17-6-9-19-14)21-15(11)20-8-3-7-18/h4-6,9,18H,3,7-8,10H2,1-2H3. The van der Waals surface area contributed by atoms with Gasteiger partial charge in [-0.05, 0) is 23.8 Å².